The molecule has 0 saturated heterocycles. The molecule has 34 heteroatoms. The van der Waals surface area contributed by atoms with Crippen LogP contribution < -0.4 is 0 Å². The van der Waals surface area contributed by atoms with Gasteiger partial charge in [0.1, 0.15) is 40.5 Å². The normalized spacial score (nSPS) is 10.7. The molecule has 4 aromatic carbocycles. The summed E-state index contributed by atoms with van der Waals surface area (Å²) in [5, 5.41) is 0. The van der Waals surface area contributed by atoms with Crippen LogP contribution >= 0.6 is 0 Å². The predicted octanol–water partition coefficient (Wildman–Crippen LogP) is -3.72. The predicted molar refractivity (Wildman–Crippen MR) is 287 cm³/mol. The SMILES string of the molecule is O.O.O.O.O.O.O.O.O.O.O.O.O=S(=O)([O-])c1ccc(-c2c3nc(c(-c4ccc(S(=O)(=O)[O-])cc4)c4ccc([nH]4)c(-c4ccc(S(=O)(=O)[O-])cc4)c4nc(c(-c5ccc(S(=O)(=O)[O-])cc5)c5ccc2[nH]5)C=C4)C=C3)cc1.[Mg+2].[Mg+2]. The van der Waals surface area contributed by atoms with E-state index >= 15 is 0 Å². The molecule has 0 fully saturated rings. The molecule has 0 spiro atoms. The van der Waals surface area contributed by atoms with Crippen LogP contribution in [0.3, 0.4) is 0 Å². The number of fused-ring (bicyclic) bond motifs is 8. The minimum Gasteiger partial charge on any atom is -0.744 e. The van der Waals surface area contributed by atoms with Crippen LogP contribution in [0.25, 0.3) is 90.9 Å². The second kappa shape index (κ2) is 31.1. The molecule has 418 valence electrons. The Balaban J connectivity index is -0.000000926. The molecule has 0 aliphatic carbocycles. The summed E-state index contributed by atoms with van der Waals surface area (Å²) >= 11 is 0. The van der Waals surface area contributed by atoms with Gasteiger partial charge in [-0.15, -0.1) is 0 Å². The van der Waals surface area contributed by atoms with Crippen LogP contribution in [-0.4, -0.2) is 184 Å². The Kier molecular flexibility index (Phi) is 33.3. The topological polar surface area (TPSA) is 664 Å². The van der Waals surface area contributed by atoms with Gasteiger partial charge in [-0.25, -0.2) is 43.6 Å². The summed E-state index contributed by atoms with van der Waals surface area (Å²) in [4.78, 5) is 15.0. The van der Waals surface area contributed by atoms with E-state index in [4.69, 9.17) is 9.97 Å². The van der Waals surface area contributed by atoms with Crippen molar-refractivity contribution in [3.63, 3.8) is 0 Å². The van der Waals surface area contributed by atoms with E-state index in [-0.39, 0.29) is 112 Å². The van der Waals surface area contributed by atoms with Gasteiger partial charge in [-0.2, -0.15) is 0 Å². The van der Waals surface area contributed by atoms with Crippen molar-refractivity contribution in [1.82, 2.24) is 19.9 Å². The number of H-pyrrole nitrogens is 2. The van der Waals surface area contributed by atoms with Crippen LogP contribution in [0, 0.1) is 0 Å². The van der Waals surface area contributed by atoms with E-state index in [9.17, 15) is 51.9 Å². The van der Waals surface area contributed by atoms with Gasteiger partial charge in [-0.05, 0) is 119 Å². The van der Waals surface area contributed by atoms with E-state index in [2.05, 4.69) is 9.97 Å². The Morgan fingerprint density at radius 2 is 0.423 bits per heavy atom. The van der Waals surface area contributed by atoms with Crippen molar-refractivity contribution in [2.45, 2.75) is 19.6 Å². The third-order valence-corrected chi connectivity index (χ3v) is 13.9. The molecule has 0 amide bonds. The zero-order valence-corrected chi connectivity index (χ0v) is 45.8. The standard InChI is InChI=1S/C44H30N4O12S4.2Mg.12H2O/c49-61(50,51)29-9-1-25(2-10-29)41-33-17-19-35(45-33)42(26-3-11-30(12-4-26)62(52,53)54)37-21-23-39(47-37)44(28-7-15-32(16-8-28)64(58,59)60)40-24-22-38(48-40)43(36-20-18-34(41)46-36)27-5-13-31(14-6-27)63(55,56)57;;;;;;;;;;;;;;/h1-24,45,48H,(H,49,50,51)(H,52,53,54)(H,55,56,57)(H,58,59,60);;;12*1H2/q;2*+2;;;;;;;;;;;;/p-4. The minimum absolute atomic E-state index is 0. The molecule has 0 radical (unpaired) electrons. The van der Waals surface area contributed by atoms with Crippen LogP contribution in [0.2, 0.25) is 0 Å². The molecule has 28 nitrogen and oxygen atoms in total. The summed E-state index contributed by atoms with van der Waals surface area (Å²) in [6.45, 7) is 0. The summed E-state index contributed by atoms with van der Waals surface area (Å²) < 4.78 is 143. The van der Waals surface area contributed by atoms with E-state index in [1.165, 1.54) is 97.1 Å². The number of aromatic nitrogens is 4. The van der Waals surface area contributed by atoms with Gasteiger partial charge in [0, 0.05) is 44.3 Å². The second-order valence-corrected chi connectivity index (χ2v) is 19.9. The number of benzene rings is 4. The van der Waals surface area contributed by atoms with E-state index in [1.54, 1.807) is 48.6 Å². The molecule has 0 unspecified atom stereocenters. The largest absolute Gasteiger partial charge is 2.00 e. The molecular weight excluding hydrogens is 1150 g/mol. The van der Waals surface area contributed by atoms with Crippen molar-refractivity contribution in [3.8, 4) is 44.5 Å². The van der Waals surface area contributed by atoms with Crippen molar-refractivity contribution >= 4 is 133 Å². The summed E-state index contributed by atoms with van der Waals surface area (Å²) in [6, 6.07) is 27.8. The van der Waals surface area contributed by atoms with Gasteiger partial charge in [-0.3, -0.25) is 0 Å². The van der Waals surface area contributed by atoms with Crippen LogP contribution in [-0.2, 0) is 40.5 Å². The zero-order chi connectivity index (χ0) is 45.3. The Morgan fingerprint density at radius 1 is 0.269 bits per heavy atom. The molecule has 9 rings (SSSR count). The molecule has 7 aromatic rings. The Morgan fingerprint density at radius 3 is 0.564 bits per heavy atom. The van der Waals surface area contributed by atoms with Crippen LogP contribution in [0.5, 0.6) is 0 Å². The third-order valence-electron chi connectivity index (χ3n) is 10.5. The number of rotatable bonds is 8. The molecule has 0 atom stereocenters. The van der Waals surface area contributed by atoms with Crippen molar-refractivity contribution in [2.75, 3.05) is 0 Å². The Labute approximate surface area is 475 Å². The molecule has 2 aliphatic rings. The van der Waals surface area contributed by atoms with E-state index in [0.29, 0.717) is 89.4 Å². The van der Waals surface area contributed by atoms with Crippen LogP contribution in [0.1, 0.15) is 22.8 Å². The monoisotopic (exact) mass is 1190 g/mol. The first kappa shape index (κ1) is 83.5. The molecule has 26 N–H and O–H groups in total. The van der Waals surface area contributed by atoms with Gasteiger partial charge in [0.15, 0.2) is 0 Å². The van der Waals surface area contributed by atoms with E-state index in [0.717, 1.165) is 0 Å². The zero-order valence-electron chi connectivity index (χ0n) is 39.7. The summed E-state index contributed by atoms with van der Waals surface area (Å²) in [5.41, 5.74) is 6.76. The fraction of sp³-hybridized carbons (Fsp3) is 0. The second-order valence-electron chi connectivity index (χ2n) is 14.4. The maximum absolute atomic E-state index is 11.9. The molecule has 5 heterocycles. The van der Waals surface area contributed by atoms with Gasteiger partial charge in [0.05, 0.1) is 42.4 Å². The number of hydrogen-bond acceptors (Lipinski definition) is 14. The first-order chi connectivity index (χ1) is 30.2. The molecular formula is C44H50Mg2N4O24S4. The molecule has 0 saturated carbocycles. The third kappa shape index (κ3) is 16.6. The molecule has 2 aliphatic heterocycles. The Hall–Kier alpha value is -5.83. The van der Waals surface area contributed by atoms with Gasteiger partial charge in [-0.1, -0.05) is 48.5 Å². The number of aromatic amines is 2. The fourth-order valence-corrected chi connectivity index (χ4v) is 9.45. The van der Waals surface area contributed by atoms with Gasteiger partial charge < -0.3 is 93.9 Å². The summed E-state index contributed by atoms with van der Waals surface area (Å²) in [7, 11) is -19.2. The van der Waals surface area contributed by atoms with Crippen molar-refractivity contribution in [1.29, 1.82) is 0 Å². The van der Waals surface area contributed by atoms with Crippen molar-refractivity contribution < 1.29 is 118 Å². The maximum atomic E-state index is 11.9. The quantitative estimate of drug-likeness (QED) is 0.109. The number of nitrogens with zero attached hydrogens (tertiary/aromatic N) is 2. The molecule has 3 aromatic heterocycles. The van der Waals surface area contributed by atoms with E-state index in [1.807, 2.05) is 0 Å². The van der Waals surface area contributed by atoms with Crippen molar-refractivity contribution in [2.24, 2.45) is 0 Å². The van der Waals surface area contributed by atoms with Crippen LogP contribution in [0.15, 0.2) is 141 Å². The molecule has 8 bridgehead atoms. The smallest absolute Gasteiger partial charge is 0.744 e. The minimum atomic E-state index is -4.81. The maximum Gasteiger partial charge on any atom is 2.00 e. The average Bonchev–Trinajstić information content (AvgIpc) is 4.08. The Bertz CT molecular complexity index is 3330. The number of nitrogens with one attached hydrogen (secondary N) is 2. The first-order valence-electron chi connectivity index (χ1n) is 18.6. The van der Waals surface area contributed by atoms with Crippen LogP contribution in [0.4, 0.5) is 0 Å². The summed E-state index contributed by atoms with van der Waals surface area (Å²) in [5.74, 6) is 0. The number of hydrogen-bond donors (Lipinski definition) is 2. The fourth-order valence-electron chi connectivity index (χ4n) is 7.57. The van der Waals surface area contributed by atoms with E-state index < -0.39 is 60.1 Å². The van der Waals surface area contributed by atoms with Gasteiger partial charge in [0.25, 0.3) is 0 Å². The van der Waals surface area contributed by atoms with Crippen molar-refractivity contribution in [3.05, 3.63) is 144 Å². The first-order valence-corrected chi connectivity index (χ1v) is 24.3. The molecule has 78 heavy (non-hydrogen) atoms. The van der Waals surface area contributed by atoms with Gasteiger partial charge >= 0.3 is 46.1 Å². The summed E-state index contributed by atoms with van der Waals surface area (Å²) in [6.07, 6.45) is 6.79. The average molecular weight is 1200 g/mol. The van der Waals surface area contributed by atoms with Gasteiger partial charge in [0.2, 0.25) is 0 Å².